The first kappa shape index (κ1) is 83.3. The Morgan fingerprint density at radius 3 is 1.84 bits per heavy atom. The molecule has 0 unspecified atom stereocenters. The zero-order chi connectivity index (χ0) is 76.2. The maximum Gasteiger partial charge on any atom is 0.338 e. The maximum atomic E-state index is 13.4. The predicted octanol–water partition coefficient (Wildman–Crippen LogP) is 9.26. The van der Waals surface area contributed by atoms with Gasteiger partial charge in [-0.3, -0.25) is 9.59 Å². The van der Waals surface area contributed by atoms with Gasteiger partial charge in [0.25, 0.3) is 5.91 Å². The first-order chi connectivity index (χ1) is 46.6. The Morgan fingerprint density at radius 2 is 1.28 bits per heavy atom. The average molecular weight is 1400 g/mol. The number of esters is 2. The second kappa shape index (κ2) is 39.7. The monoisotopic (exact) mass is 1400 g/mol. The molecular weight excluding hydrogens is 1280 g/mol. The Morgan fingerprint density at radius 1 is 0.745 bits per heavy atom. The molecule has 6 rings (SSSR count). The van der Waals surface area contributed by atoms with E-state index in [4.69, 9.17) is 59.5 Å². The van der Waals surface area contributed by atoms with Crippen LogP contribution in [0.15, 0.2) is 60.7 Å². The van der Waals surface area contributed by atoms with Crippen LogP contribution in [0.1, 0.15) is 147 Å². The van der Waals surface area contributed by atoms with Crippen molar-refractivity contribution in [1.29, 1.82) is 0 Å². The summed E-state index contributed by atoms with van der Waals surface area (Å²) in [6.45, 7) is 42.8. The van der Waals surface area contributed by atoms with Crippen molar-refractivity contribution in [2.75, 3.05) is 41.8 Å². The number of carbonyl (C=O) groups excluding carboxylic acids is 4. The molecule has 17 atom stereocenters. The van der Waals surface area contributed by atoms with Gasteiger partial charge in [-0.15, -0.1) is 13.2 Å². The Hall–Kier alpha value is -5.35. The van der Waals surface area contributed by atoms with Crippen molar-refractivity contribution < 1.29 is 104 Å². The van der Waals surface area contributed by atoms with E-state index in [1.54, 1.807) is 41.7 Å². The number of benzene rings is 2. The minimum Gasteiger partial charge on any atom is -0.458 e. The molecule has 2 fully saturated rings. The molecule has 0 aliphatic carbocycles. The standard InChI is InChI=1S/C38H63NO9Si.C32H47NO10.2CH3BO/c1-23(2)18-29(43-8)26(5)35(41)39-36(44-9)32-20-33(40)38(6,7)34(47-32)21-30(46-22-45-16-17-49(10,11)12)25(4)31-19-28-24(3)14-13-15-27(28)37(42)48-31;1-15(2)10-24(40-8)28(37)29(38)33-30(41-9)25-11-16(3)32(6,7)26(42-25)14-21(35)18(5)23-12-19-17(4)20(34)13-22(36)27(19)31(39)43-23;2*1-2-3/h13-15,25-26,29-34,36,40H,1,16-22H2,2-12H3,(H,39,41);13,18,21,23-26,28,30,34-37H,1,3,10-12,14H2,2,4-9H3,(H,33,38);2*1H3/t25-,26+,29+,30+,31-,32+,33-,34-,36+;18-,21+,23-,24+,25+,26-,28+,30+;;/m11../s1/i14D,15D;;;. The average Bonchev–Trinajstić information content (AvgIpc) is 0.782. The molecule has 0 radical (unpaired) electrons. The third-order valence-corrected chi connectivity index (χ3v) is 21.0. The molecule has 0 aromatic heterocycles. The number of amides is 2. The summed E-state index contributed by atoms with van der Waals surface area (Å²) in [6, 6.07) is 3.67. The number of hydrogen-bond donors (Lipinski definition) is 7. The third kappa shape index (κ3) is 24.2. The summed E-state index contributed by atoms with van der Waals surface area (Å²) in [6.07, 6.45) is -7.90. The number of rotatable bonds is 30. The van der Waals surface area contributed by atoms with Crippen molar-refractivity contribution in [2.24, 2.45) is 28.6 Å². The van der Waals surface area contributed by atoms with Gasteiger partial charge in [-0.05, 0) is 81.3 Å². The minimum absolute atomic E-state index is 0.0135. The summed E-state index contributed by atoms with van der Waals surface area (Å²) in [5.74, 6) is -4.08. The number of methoxy groups -OCH3 is 4. The van der Waals surface area contributed by atoms with Crippen molar-refractivity contribution >= 4 is 46.1 Å². The van der Waals surface area contributed by atoms with E-state index in [0.29, 0.717) is 61.0 Å². The van der Waals surface area contributed by atoms with Crippen LogP contribution in [0.2, 0.25) is 39.3 Å². The van der Waals surface area contributed by atoms with Crippen LogP contribution in [0.3, 0.4) is 0 Å². The van der Waals surface area contributed by atoms with Crippen LogP contribution in [-0.4, -0.2) is 199 Å². The molecule has 26 heteroatoms. The van der Waals surface area contributed by atoms with Crippen LogP contribution < -0.4 is 10.6 Å². The fraction of sp³-hybridized carbons (Fsp3) is 0.694. The fourth-order valence-corrected chi connectivity index (χ4v) is 13.0. The second-order valence-corrected chi connectivity index (χ2v) is 34.4. The molecule has 2 saturated heterocycles. The molecular formula is C72H116B2N2O21Si. The van der Waals surface area contributed by atoms with Crippen LogP contribution in [0, 0.1) is 42.4 Å². The fourth-order valence-electron chi connectivity index (χ4n) is 12.3. The Kier molecular flexibility index (Phi) is 33.8. The maximum absolute atomic E-state index is 13.4. The van der Waals surface area contributed by atoms with Crippen molar-refractivity contribution in [3.05, 3.63) is 94.1 Å². The summed E-state index contributed by atoms with van der Waals surface area (Å²) < 4.78 is 93.5. The zero-order valence-electron chi connectivity index (χ0n) is 63.8. The topological polar surface area (TPSA) is 320 Å². The van der Waals surface area contributed by atoms with Gasteiger partial charge in [-0.2, -0.15) is 0 Å². The van der Waals surface area contributed by atoms with Gasteiger partial charge in [0.1, 0.15) is 48.3 Å². The summed E-state index contributed by atoms with van der Waals surface area (Å²) in [4.78, 5) is 52.3. The van der Waals surface area contributed by atoms with Gasteiger partial charge in [0, 0.05) is 104 Å². The molecule has 550 valence electrons. The van der Waals surface area contributed by atoms with Crippen LogP contribution >= 0.6 is 0 Å². The van der Waals surface area contributed by atoms with Crippen molar-refractivity contribution in [3.8, 4) is 11.5 Å². The molecule has 23 nitrogen and oxygen atoms in total. The number of aliphatic hydroxyl groups is 3. The van der Waals surface area contributed by atoms with E-state index in [1.165, 1.54) is 41.0 Å². The van der Waals surface area contributed by atoms with Crippen molar-refractivity contribution in [3.63, 3.8) is 0 Å². The molecule has 2 amide bonds. The van der Waals surface area contributed by atoms with Crippen molar-refractivity contribution in [1.82, 2.24) is 10.6 Å². The van der Waals surface area contributed by atoms with E-state index in [2.05, 4.69) is 50.0 Å². The van der Waals surface area contributed by atoms with Gasteiger partial charge in [0.05, 0.1) is 57.0 Å². The largest absolute Gasteiger partial charge is 0.458 e. The number of aromatic hydroxyl groups is 2. The SMILES string of the molecule is C=C(C)C[C@H](OC)[C@H](O)C(=O)N[C@@H](OC)[C@@H]1CC(=C)C(C)(C)[C@@H](C[C@H](O)[C@@H](C)[C@H]2Cc3c(C)c(O)cc(O)c3C(=O)O2)O1.CB=O.CB=O.[2H]c1cc([2H])c2c(c1C)C[C@H]([C@H](C)[C@H](C[C@H]1O[C@H]([C@@H](NC(=O)[C@@H](C)[C@H](CC(=C)C)OC)OC)C[C@@H](O)C1(C)C)OCOCC[Si](C)(C)C)OC2=O. The zero-order valence-corrected chi connectivity index (χ0v) is 62.8. The summed E-state index contributed by atoms with van der Waals surface area (Å²) in [5.41, 5.74) is 3.75. The summed E-state index contributed by atoms with van der Waals surface area (Å²) in [5, 5.41) is 59.5. The van der Waals surface area contributed by atoms with E-state index >= 15 is 0 Å². The molecule has 0 spiro atoms. The quantitative estimate of drug-likeness (QED) is 0.0126. The van der Waals surface area contributed by atoms with Gasteiger partial charge in [0.15, 0.2) is 18.6 Å². The van der Waals surface area contributed by atoms with Gasteiger partial charge in [-0.1, -0.05) is 104 Å². The van der Waals surface area contributed by atoms with E-state index in [-0.39, 0.29) is 78.7 Å². The van der Waals surface area contributed by atoms with Crippen LogP contribution in [-0.2, 0) is 79.2 Å². The smallest absolute Gasteiger partial charge is 0.338 e. The van der Waals surface area contributed by atoms with E-state index < -0.39 is 128 Å². The Balaban J connectivity index is 0.000000488. The second-order valence-electron chi connectivity index (χ2n) is 28.7. The first-order valence-electron chi connectivity index (χ1n) is 34.7. The predicted molar refractivity (Wildman–Crippen MR) is 376 cm³/mol. The third-order valence-electron chi connectivity index (χ3n) is 19.3. The van der Waals surface area contributed by atoms with Gasteiger partial charge < -0.3 is 83.5 Å². The number of phenols is 2. The minimum atomic E-state index is -1.46. The molecule has 98 heavy (non-hydrogen) atoms. The number of phenolic OH excluding ortho intramolecular Hbond substituents is 2. The molecule has 4 aliphatic rings. The Labute approximate surface area is 587 Å². The van der Waals surface area contributed by atoms with Crippen molar-refractivity contribution in [2.45, 2.75) is 253 Å². The van der Waals surface area contributed by atoms with Gasteiger partial charge in [-0.25, -0.2) is 9.59 Å². The number of ether oxygens (including phenoxy) is 10. The molecule has 4 heterocycles. The normalized spacial score (nSPS) is 24.2. The molecule has 2 aromatic carbocycles. The van der Waals surface area contributed by atoms with E-state index in [9.17, 15) is 44.7 Å². The number of aliphatic hydroxyl groups excluding tert-OH is 3. The van der Waals surface area contributed by atoms with Gasteiger partial charge >= 0.3 is 49.3 Å². The first-order valence-corrected chi connectivity index (χ1v) is 37.4. The summed E-state index contributed by atoms with van der Waals surface area (Å²) >= 11 is 0. The van der Waals surface area contributed by atoms with Crippen LogP contribution in [0.5, 0.6) is 11.5 Å². The Bertz CT molecular complexity index is 3110. The number of hydrogen-bond acceptors (Lipinski definition) is 21. The molecule has 0 bridgehead atoms. The van der Waals surface area contributed by atoms with Crippen LogP contribution in [0.25, 0.3) is 0 Å². The molecule has 4 aliphatic heterocycles. The van der Waals surface area contributed by atoms with E-state index in [0.717, 1.165) is 43.1 Å². The number of carbonyl (C=O) groups is 4. The van der Waals surface area contributed by atoms with E-state index in [1.807, 2.05) is 41.5 Å². The summed E-state index contributed by atoms with van der Waals surface area (Å²) in [7, 11) is 6.07. The number of cyclic esters (lactones) is 2. The molecule has 0 saturated carbocycles. The molecule has 2 aromatic rings. The molecule has 7 N–H and O–H groups in total. The van der Waals surface area contributed by atoms with Gasteiger partial charge in [0.2, 0.25) is 5.91 Å². The van der Waals surface area contributed by atoms with Crippen LogP contribution in [0.4, 0.5) is 0 Å². The number of fused-ring (bicyclic) bond motifs is 2. The number of nitrogens with one attached hydrogen (secondary N) is 2.